The molecule has 0 radical (unpaired) electrons. The number of rotatable bonds is 3. The lowest BCUT2D eigenvalue weighted by Crippen LogP contribution is -2.42. The number of imidazole rings is 1. The summed E-state index contributed by atoms with van der Waals surface area (Å²) in [6.07, 6.45) is 4.01. The van der Waals surface area contributed by atoms with Crippen LogP contribution in [0.2, 0.25) is 0 Å². The number of fused-ring (bicyclic) bond motifs is 1. The van der Waals surface area contributed by atoms with Crippen molar-refractivity contribution in [1.29, 1.82) is 0 Å². The number of carbonyl (C=O) groups excluding carboxylic acids is 1. The molecule has 4 rings (SSSR count). The Morgan fingerprint density at radius 2 is 1.85 bits per heavy atom. The zero-order chi connectivity index (χ0) is 18.3. The van der Waals surface area contributed by atoms with E-state index in [1.807, 2.05) is 4.57 Å². The SMILES string of the molecule is O=C(NC1CCC(n2cnc3cc(C(F)(F)F)ccc32)CC1)C1CCC1. The second-order valence-electron chi connectivity index (χ2n) is 7.49. The van der Waals surface area contributed by atoms with E-state index in [4.69, 9.17) is 0 Å². The summed E-state index contributed by atoms with van der Waals surface area (Å²) in [5.41, 5.74) is 0.442. The molecule has 1 N–H and O–H groups in total. The molecule has 1 heterocycles. The maximum Gasteiger partial charge on any atom is 0.416 e. The Balaban J connectivity index is 1.42. The first-order valence-corrected chi connectivity index (χ1v) is 9.26. The van der Waals surface area contributed by atoms with Gasteiger partial charge in [-0.3, -0.25) is 4.79 Å². The summed E-state index contributed by atoms with van der Waals surface area (Å²) >= 11 is 0. The summed E-state index contributed by atoms with van der Waals surface area (Å²) in [5.74, 6) is 0.389. The quantitative estimate of drug-likeness (QED) is 0.873. The van der Waals surface area contributed by atoms with Crippen LogP contribution in [0.25, 0.3) is 11.0 Å². The summed E-state index contributed by atoms with van der Waals surface area (Å²) in [7, 11) is 0. The van der Waals surface area contributed by atoms with Crippen molar-refractivity contribution >= 4 is 16.9 Å². The Labute approximate surface area is 149 Å². The van der Waals surface area contributed by atoms with Crippen LogP contribution in [0, 0.1) is 5.92 Å². The van der Waals surface area contributed by atoms with E-state index in [1.165, 1.54) is 6.07 Å². The summed E-state index contributed by atoms with van der Waals surface area (Å²) in [4.78, 5) is 16.2. The third-order valence-corrected chi connectivity index (χ3v) is 5.81. The maximum atomic E-state index is 12.8. The molecule has 0 bridgehead atoms. The predicted molar refractivity (Wildman–Crippen MR) is 91.5 cm³/mol. The number of nitrogens with one attached hydrogen (secondary N) is 1. The van der Waals surface area contributed by atoms with E-state index in [0.717, 1.165) is 62.6 Å². The lowest BCUT2D eigenvalue weighted by molar-refractivity contribution is -0.137. The minimum Gasteiger partial charge on any atom is -0.353 e. The third kappa shape index (κ3) is 3.31. The van der Waals surface area contributed by atoms with Gasteiger partial charge in [-0.1, -0.05) is 6.42 Å². The second kappa shape index (κ2) is 6.59. The Bertz CT molecular complexity index is 802. The summed E-state index contributed by atoms with van der Waals surface area (Å²) in [6.45, 7) is 0. The molecule has 2 fully saturated rings. The van der Waals surface area contributed by atoms with Crippen LogP contribution in [-0.2, 0) is 11.0 Å². The van der Waals surface area contributed by atoms with Crippen molar-refractivity contribution in [2.75, 3.05) is 0 Å². The number of nitrogens with zero attached hydrogens (tertiary/aromatic N) is 2. The standard InChI is InChI=1S/C19H22F3N3O/c20-19(21,22)13-4-9-17-16(10-13)23-11-25(17)15-7-5-14(6-8-15)24-18(26)12-2-1-3-12/h4,9-12,14-15H,1-3,5-8H2,(H,24,26). The number of hydrogen-bond donors (Lipinski definition) is 1. The molecule has 0 aliphatic heterocycles. The fourth-order valence-corrected chi connectivity index (χ4v) is 3.99. The van der Waals surface area contributed by atoms with E-state index >= 15 is 0 Å². The summed E-state index contributed by atoms with van der Waals surface area (Å²) in [6, 6.07) is 4.16. The van der Waals surface area contributed by atoms with Gasteiger partial charge in [0.1, 0.15) is 0 Å². The van der Waals surface area contributed by atoms with Crippen molar-refractivity contribution in [3.8, 4) is 0 Å². The zero-order valence-electron chi connectivity index (χ0n) is 14.4. The number of amides is 1. The highest BCUT2D eigenvalue weighted by Gasteiger charge is 2.32. The van der Waals surface area contributed by atoms with Crippen molar-refractivity contribution in [3.05, 3.63) is 30.1 Å². The smallest absolute Gasteiger partial charge is 0.353 e. The van der Waals surface area contributed by atoms with E-state index in [1.54, 1.807) is 6.33 Å². The molecule has 1 amide bonds. The maximum absolute atomic E-state index is 12.8. The minimum atomic E-state index is -4.35. The molecular weight excluding hydrogens is 343 g/mol. The Morgan fingerprint density at radius 1 is 1.12 bits per heavy atom. The molecule has 7 heteroatoms. The molecule has 2 aliphatic carbocycles. The zero-order valence-corrected chi connectivity index (χ0v) is 14.4. The topological polar surface area (TPSA) is 46.9 Å². The third-order valence-electron chi connectivity index (χ3n) is 5.81. The fraction of sp³-hybridized carbons (Fsp3) is 0.579. The van der Waals surface area contributed by atoms with Crippen LogP contribution in [0.15, 0.2) is 24.5 Å². The van der Waals surface area contributed by atoms with Crippen LogP contribution in [-0.4, -0.2) is 21.5 Å². The average molecular weight is 365 g/mol. The van der Waals surface area contributed by atoms with Crippen LogP contribution in [0.3, 0.4) is 0 Å². The van der Waals surface area contributed by atoms with Gasteiger partial charge in [-0.2, -0.15) is 13.2 Å². The van der Waals surface area contributed by atoms with E-state index in [0.29, 0.717) is 5.52 Å². The molecule has 2 aliphatic rings. The van der Waals surface area contributed by atoms with Crippen molar-refractivity contribution in [2.45, 2.75) is 63.2 Å². The van der Waals surface area contributed by atoms with Crippen molar-refractivity contribution < 1.29 is 18.0 Å². The number of aromatic nitrogens is 2. The molecular formula is C19H22F3N3O. The number of hydrogen-bond acceptors (Lipinski definition) is 2. The molecule has 0 saturated heterocycles. The van der Waals surface area contributed by atoms with Gasteiger partial charge in [-0.25, -0.2) is 4.98 Å². The molecule has 2 aromatic rings. The average Bonchev–Trinajstić information content (AvgIpc) is 2.96. The highest BCUT2D eigenvalue weighted by atomic mass is 19.4. The van der Waals surface area contributed by atoms with E-state index < -0.39 is 11.7 Å². The van der Waals surface area contributed by atoms with E-state index in [2.05, 4.69) is 10.3 Å². The van der Waals surface area contributed by atoms with Gasteiger partial charge < -0.3 is 9.88 Å². The first kappa shape index (κ1) is 17.4. The van der Waals surface area contributed by atoms with Gasteiger partial charge in [-0.15, -0.1) is 0 Å². The highest BCUT2D eigenvalue weighted by molar-refractivity contribution is 5.79. The number of alkyl halides is 3. The van der Waals surface area contributed by atoms with Gasteiger partial charge in [-0.05, 0) is 56.7 Å². The molecule has 1 aromatic carbocycles. The van der Waals surface area contributed by atoms with Gasteiger partial charge in [0.25, 0.3) is 0 Å². The van der Waals surface area contributed by atoms with Crippen LogP contribution >= 0.6 is 0 Å². The number of benzene rings is 1. The molecule has 140 valence electrons. The Morgan fingerprint density at radius 3 is 2.46 bits per heavy atom. The fourth-order valence-electron chi connectivity index (χ4n) is 3.99. The number of halogens is 3. The van der Waals surface area contributed by atoms with Crippen LogP contribution < -0.4 is 5.32 Å². The van der Waals surface area contributed by atoms with Gasteiger partial charge in [0.2, 0.25) is 5.91 Å². The van der Waals surface area contributed by atoms with E-state index in [9.17, 15) is 18.0 Å². The lowest BCUT2D eigenvalue weighted by atomic mass is 9.84. The lowest BCUT2D eigenvalue weighted by Gasteiger charge is -2.32. The largest absolute Gasteiger partial charge is 0.416 e. The summed E-state index contributed by atoms with van der Waals surface area (Å²) < 4.78 is 40.5. The first-order valence-electron chi connectivity index (χ1n) is 9.26. The monoisotopic (exact) mass is 365 g/mol. The molecule has 1 aromatic heterocycles. The molecule has 2 saturated carbocycles. The normalized spacial score (nSPS) is 24.4. The highest BCUT2D eigenvalue weighted by Crippen LogP contribution is 2.35. The first-order chi connectivity index (χ1) is 12.4. The Hall–Kier alpha value is -2.05. The molecule has 26 heavy (non-hydrogen) atoms. The minimum absolute atomic E-state index is 0.187. The van der Waals surface area contributed by atoms with Gasteiger partial charge in [0.05, 0.1) is 22.9 Å². The van der Waals surface area contributed by atoms with Gasteiger partial charge in [0.15, 0.2) is 0 Å². The van der Waals surface area contributed by atoms with Crippen molar-refractivity contribution in [3.63, 3.8) is 0 Å². The predicted octanol–water partition coefficient (Wildman–Crippen LogP) is 4.46. The van der Waals surface area contributed by atoms with Crippen molar-refractivity contribution in [1.82, 2.24) is 14.9 Å². The van der Waals surface area contributed by atoms with Crippen LogP contribution in [0.1, 0.15) is 56.6 Å². The number of carbonyl (C=O) groups is 1. The molecule has 0 atom stereocenters. The molecule has 0 spiro atoms. The Kier molecular flexibility index (Phi) is 4.40. The van der Waals surface area contributed by atoms with Gasteiger partial charge >= 0.3 is 6.18 Å². The van der Waals surface area contributed by atoms with Gasteiger partial charge in [0, 0.05) is 18.0 Å². The van der Waals surface area contributed by atoms with E-state index in [-0.39, 0.29) is 23.9 Å². The molecule has 0 unspecified atom stereocenters. The second-order valence-corrected chi connectivity index (χ2v) is 7.49. The van der Waals surface area contributed by atoms with Crippen LogP contribution in [0.5, 0.6) is 0 Å². The molecule has 4 nitrogen and oxygen atoms in total. The van der Waals surface area contributed by atoms with Crippen molar-refractivity contribution in [2.24, 2.45) is 5.92 Å². The van der Waals surface area contributed by atoms with Crippen LogP contribution in [0.4, 0.5) is 13.2 Å². The summed E-state index contributed by atoms with van der Waals surface area (Å²) in [5, 5.41) is 3.16.